The number of hydrogen-bond acceptors (Lipinski definition) is 3. The van der Waals surface area contributed by atoms with Gasteiger partial charge in [0.25, 0.3) is 5.69 Å². The molecule has 0 heterocycles. The van der Waals surface area contributed by atoms with Gasteiger partial charge >= 0.3 is 0 Å². The summed E-state index contributed by atoms with van der Waals surface area (Å²) in [5.74, 6) is 0. The van der Waals surface area contributed by atoms with Crippen molar-refractivity contribution in [3.63, 3.8) is 0 Å². The first-order valence-corrected chi connectivity index (χ1v) is 4.49. The zero-order chi connectivity index (χ0) is 10.0. The van der Waals surface area contributed by atoms with Crippen LogP contribution in [0, 0.1) is 17.0 Å². The van der Waals surface area contributed by atoms with Gasteiger partial charge in [-0.05, 0) is 12.5 Å². The van der Waals surface area contributed by atoms with Gasteiger partial charge in [0.2, 0.25) is 0 Å². The van der Waals surface area contributed by atoms with Crippen LogP contribution in [0.3, 0.4) is 0 Å². The van der Waals surface area contributed by atoms with E-state index in [1.54, 1.807) is 6.92 Å². The molecule has 1 rings (SSSR count). The van der Waals surface area contributed by atoms with E-state index in [1.165, 1.54) is 12.1 Å². The summed E-state index contributed by atoms with van der Waals surface area (Å²) in [6.45, 7) is 1.62. The predicted molar refractivity (Wildman–Crippen MR) is 46.9 cm³/mol. The standard InChI is InChI=1S/C7H7NO4S/c1-5-2-3-6(8(9)10)4-7(5)13(11)12/h2-4H,1H3,(H,11,12). The van der Waals surface area contributed by atoms with Crippen LogP contribution in [-0.4, -0.2) is 13.7 Å². The predicted octanol–water partition coefficient (Wildman–Crippen LogP) is 1.48. The first kappa shape index (κ1) is 9.82. The van der Waals surface area contributed by atoms with Crippen molar-refractivity contribution in [2.75, 3.05) is 0 Å². The Morgan fingerprint density at radius 1 is 1.54 bits per heavy atom. The highest BCUT2D eigenvalue weighted by atomic mass is 32.2. The van der Waals surface area contributed by atoms with Gasteiger partial charge in [-0.15, -0.1) is 0 Å². The Morgan fingerprint density at radius 2 is 2.15 bits per heavy atom. The lowest BCUT2D eigenvalue weighted by atomic mass is 10.2. The second-order valence-electron chi connectivity index (χ2n) is 2.46. The summed E-state index contributed by atoms with van der Waals surface area (Å²) >= 11 is -2.17. The molecule has 1 atom stereocenters. The van der Waals surface area contributed by atoms with E-state index >= 15 is 0 Å². The molecule has 0 aliphatic rings. The quantitative estimate of drug-likeness (QED) is 0.446. The molecule has 0 saturated carbocycles. The third kappa shape index (κ3) is 2.10. The Bertz CT molecular complexity index is 377. The molecule has 0 spiro atoms. The average molecular weight is 201 g/mol. The first-order chi connectivity index (χ1) is 6.02. The molecule has 1 unspecified atom stereocenters. The van der Waals surface area contributed by atoms with Crippen molar-refractivity contribution in [3.8, 4) is 0 Å². The Kier molecular flexibility index (Phi) is 2.74. The van der Waals surface area contributed by atoms with Gasteiger partial charge in [-0.2, -0.15) is 0 Å². The molecule has 0 amide bonds. The average Bonchev–Trinajstić information content (AvgIpc) is 2.04. The van der Waals surface area contributed by atoms with E-state index in [0.717, 1.165) is 6.07 Å². The van der Waals surface area contributed by atoms with Gasteiger partial charge in [0.1, 0.15) is 0 Å². The largest absolute Gasteiger partial charge is 0.302 e. The minimum Gasteiger partial charge on any atom is -0.302 e. The van der Waals surface area contributed by atoms with Crippen LogP contribution in [0.5, 0.6) is 0 Å². The number of hydrogen-bond donors (Lipinski definition) is 1. The topological polar surface area (TPSA) is 80.4 Å². The lowest BCUT2D eigenvalue weighted by molar-refractivity contribution is -0.385. The van der Waals surface area contributed by atoms with Crippen molar-refractivity contribution < 1.29 is 13.7 Å². The lowest BCUT2D eigenvalue weighted by Crippen LogP contribution is -1.95. The van der Waals surface area contributed by atoms with Crippen molar-refractivity contribution in [3.05, 3.63) is 33.9 Å². The summed E-state index contributed by atoms with van der Waals surface area (Å²) in [6.07, 6.45) is 0. The van der Waals surface area contributed by atoms with E-state index in [4.69, 9.17) is 4.55 Å². The molecular formula is C7H7NO4S. The van der Waals surface area contributed by atoms with Crippen LogP contribution in [0.1, 0.15) is 5.56 Å². The van der Waals surface area contributed by atoms with E-state index in [9.17, 15) is 14.3 Å². The molecule has 5 nitrogen and oxygen atoms in total. The molecule has 0 aliphatic heterocycles. The first-order valence-electron chi connectivity index (χ1n) is 3.38. The van der Waals surface area contributed by atoms with Gasteiger partial charge < -0.3 is 4.55 Å². The third-order valence-corrected chi connectivity index (χ3v) is 2.39. The molecule has 0 saturated heterocycles. The Morgan fingerprint density at radius 3 is 2.62 bits per heavy atom. The second kappa shape index (κ2) is 3.63. The molecule has 1 aromatic rings. The van der Waals surface area contributed by atoms with Crippen molar-refractivity contribution in [1.29, 1.82) is 0 Å². The number of aryl methyl sites for hydroxylation is 1. The number of nitro groups is 1. The summed E-state index contributed by atoms with van der Waals surface area (Å²) in [5.41, 5.74) is 0.384. The highest BCUT2D eigenvalue weighted by Gasteiger charge is 2.11. The van der Waals surface area contributed by atoms with Gasteiger partial charge in [-0.1, -0.05) is 6.07 Å². The number of rotatable bonds is 2. The van der Waals surface area contributed by atoms with Gasteiger partial charge in [0.05, 0.1) is 9.82 Å². The smallest absolute Gasteiger partial charge is 0.270 e. The maximum atomic E-state index is 10.7. The van der Waals surface area contributed by atoms with Crippen molar-refractivity contribution in [1.82, 2.24) is 0 Å². The summed E-state index contributed by atoms with van der Waals surface area (Å²) < 4.78 is 19.4. The third-order valence-electron chi connectivity index (χ3n) is 1.57. The molecule has 0 aliphatic carbocycles. The Balaban J connectivity index is 3.27. The zero-order valence-electron chi connectivity index (χ0n) is 6.76. The zero-order valence-corrected chi connectivity index (χ0v) is 7.58. The van der Waals surface area contributed by atoms with Crippen LogP contribution in [0.2, 0.25) is 0 Å². The van der Waals surface area contributed by atoms with E-state index in [2.05, 4.69) is 0 Å². The van der Waals surface area contributed by atoms with E-state index in [0.29, 0.717) is 5.56 Å². The molecule has 70 valence electrons. The van der Waals surface area contributed by atoms with Crippen LogP contribution in [0.15, 0.2) is 23.1 Å². The van der Waals surface area contributed by atoms with Crippen molar-refractivity contribution in [2.45, 2.75) is 11.8 Å². The molecular weight excluding hydrogens is 194 g/mol. The number of benzene rings is 1. The number of nitro benzene ring substituents is 1. The molecule has 0 aromatic heterocycles. The van der Waals surface area contributed by atoms with Crippen molar-refractivity contribution in [2.24, 2.45) is 0 Å². The SMILES string of the molecule is Cc1ccc([N+](=O)[O-])cc1S(=O)O. The van der Waals surface area contributed by atoms with Crippen molar-refractivity contribution >= 4 is 16.8 Å². The van der Waals surface area contributed by atoms with Crippen LogP contribution < -0.4 is 0 Å². The number of non-ortho nitro benzene ring substituents is 1. The molecule has 1 N–H and O–H groups in total. The highest BCUT2D eigenvalue weighted by Crippen LogP contribution is 2.19. The van der Waals surface area contributed by atoms with Crippen LogP contribution in [0.4, 0.5) is 5.69 Å². The summed E-state index contributed by atoms with van der Waals surface area (Å²) in [7, 11) is 0. The normalized spacial score (nSPS) is 12.5. The number of nitrogens with zero attached hydrogens (tertiary/aromatic N) is 1. The minimum atomic E-state index is -2.17. The Hall–Kier alpha value is -1.27. The summed E-state index contributed by atoms with van der Waals surface area (Å²) in [6, 6.07) is 3.85. The molecule has 13 heavy (non-hydrogen) atoms. The molecule has 0 bridgehead atoms. The maximum absolute atomic E-state index is 10.7. The second-order valence-corrected chi connectivity index (χ2v) is 3.39. The van der Waals surface area contributed by atoms with E-state index in [1.807, 2.05) is 0 Å². The van der Waals surface area contributed by atoms with Gasteiger partial charge in [-0.3, -0.25) is 10.1 Å². The van der Waals surface area contributed by atoms with E-state index < -0.39 is 16.0 Å². The maximum Gasteiger partial charge on any atom is 0.270 e. The molecule has 6 heteroatoms. The summed E-state index contributed by atoms with van der Waals surface area (Å²) in [5, 5.41) is 10.3. The fourth-order valence-corrected chi connectivity index (χ4v) is 1.46. The molecule has 0 fully saturated rings. The highest BCUT2D eigenvalue weighted by molar-refractivity contribution is 7.79. The summed E-state index contributed by atoms with van der Waals surface area (Å²) in [4.78, 5) is 9.79. The lowest BCUT2D eigenvalue weighted by Gasteiger charge is -1.99. The van der Waals surface area contributed by atoms with Crippen LogP contribution >= 0.6 is 0 Å². The molecule has 1 aromatic carbocycles. The van der Waals surface area contributed by atoms with E-state index in [-0.39, 0.29) is 10.6 Å². The Labute approximate surface area is 76.8 Å². The molecule has 0 radical (unpaired) electrons. The van der Waals surface area contributed by atoms with Gasteiger partial charge in [-0.25, -0.2) is 4.21 Å². The minimum absolute atomic E-state index is 0.0780. The monoisotopic (exact) mass is 201 g/mol. The van der Waals surface area contributed by atoms with Crippen LogP contribution in [0.25, 0.3) is 0 Å². The van der Waals surface area contributed by atoms with Crippen LogP contribution in [-0.2, 0) is 11.1 Å². The fraction of sp³-hybridized carbons (Fsp3) is 0.143. The fourth-order valence-electron chi connectivity index (χ4n) is 0.890. The van der Waals surface area contributed by atoms with Gasteiger partial charge in [0, 0.05) is 12.1 Å². The van der Waals surface area contributed by atoms with Gasteiger partial charge in [0.15, 0.2) is 11.1 Å².